The van der Waals surface area contributed by atoms with Gasteiger partial charge < -0.3 is 5.32 Å². The van der Waals surface area contributed by atoms with E-state index in [0.717, 1.165) is 22.8 Å². The number of benzene rings is 2. The van der Waals surface area contributed by atoms with Crippen molar-refractivity contribution >= 4 is 17.2 Å². The molecule has 3 heteroatoms. The standard InChI is InChI=1S/C25H27N3/c1-16-14-19(4)28-22(15-16)26-24(20(5)21-12-7-6-8-13-21)25(28)27-23-17(2)10-9-11-18(23)3/h6-15,20,27H,1-5H3. The number of para-hydroxylation sites is 1. The molecule has 0 radical (unpaired) electrons. The minimum Gasteiger partial charge on any atom is -0.339 e. The lowest BCUT2D eigenvalue weighted by atomic mass is 9.97. The number of nitrogens with one attached hydrogen (secondary N) is 1. The fourth-order valence-electron chi connectivity index (χ4n) is 4.00. The summed E-state index contributed by atoms with van der Waals surface area (Å²) < 4.78 is 2.24. The van der Waals surface area contributed by atoms with E-state index < -0.39 is 0 Å². The number of anilines is 2. The first-order chi connectivity index (χ1) is 13.5. The van der Waals surface area contributed by atoms with Crippen LogP contribution in [0.3, 0.4) is 0 Å². The second-order valence-corrected chi connectivity index (χ2v) is 7.74. The average Bonchev–Trinajstić information content (AvgIpc) is 3.03. The van der Waals surface area contributed by atoms with Crippen molar-refractivity contribution in [3.63, 3.8) is 0 Å². The molecular formula is C25H27N3. The zero-order chi connectivity index (χ0) is 19.8. The Bertz CT molecular complexity index is 1120. The van der Waals surface area contributed by atoms with E-state index in [2.05, 4.69) is 105 Å². The average molecular weight is 370 g/mol. The number of hydrogen-bond donors (Lipinski definition) is 1. The van der Waals surface area contributed by atoms with Crippen molar-refractivity contribution in [3.05, 3.63) is 94.3 Å². The van der Waals surface area contributed by atoms with Gasteiger partial charge in [0.25, 0.3) is 0 Å². The lowest BCUT2D eigenvalue weighted by Gasteiger charge is -2.17. The molecule has 0 aliphatic rings. The predicted octanol–water partition coefficient (Wildman–Crippen LogP) is 6.46. The molecule has 2 heterocycles. The molecule has 0 aliphatic heterocycles. The van der Waals surface area contributed by atoms with Gasteiger partial charge in [0, 0.05) is 17.3 Å². The van der Waals surface area contributed by atoms with Gasteiger partial charge >= 0.3 is 0 Å². The first-order valence-electron chi connectivity index (χ1n) is 9.83. The van der Waals surface area contributed by atoms with Crippen molar-refractivity contribution in [1.82, 2.24) is 9.38 Å². The molecular weight excluding hydrogens is 342 g/mol. The molecule has 4 aromatic rings. The molecule has 2 aromatic carbocycles. The van der Waals surface area contributed by atoms with Crippen LogP contribution in [0.1, 0.15) is 46.5 Å². The summed E-state index contributed by atoms with van der Waals surface area (Å²) in [4.78, 5) is 5.07. The molecule has 0 fully saturated rings. The van der Waals surface area contributed by atoms with Gasteiger partial charge in [-0.2, -0.15) is 0 Å². The van der Waals surface area contributed by atoms with Crippen LogP contribution in [0.2, 0.25) is 0 Å². The van der Waals surface area contributed by atoms with E-state index in [4.69, 9.17) is 4.98 Å². The van der Waals surface area contributed by atoms with Crippen molar-refractivity contribution in [2.45, 2.75) is 40.5 Å². The lowest BCUT2D eigenvalue weighted by molar-refractivity contribution is 0.887. The van der Waals surface area contributed by atoms with E-state index in [1.165, 1.54) is 27.9 Å². The number of imidazole rings is 1. The topological polar surface area (TPSA) is 29.3 Å². The molecule has 1 unspecified atom stereocenters. The summed E-state index contributed by atoms with van der Waals surface area (Å²) in [7, 11) is 0. The summed E-state index contributed by atoms with van der Waals surface area (Å²) in [5, 5.41) is 3.74. The van der Waals surface area contributed by atoms with Crippen LogP contribution in [0, 0.1) is 27.7 Å². The van der Waals surface area contributed by atoms with Crippen molar-refractivity contribution in [3.8, 4) is 0 Å². The van der Waals surface area contributed by atoms with Crippen LogP contribution in [0.4, 0.5) is 11.5 Å². The Hall–Kier alpha value is -3.07. The van der Waals surface area contributed by atoms with Gasteiger partial charge in [0.05, 0.1) is 5.69 Å². The van der Waals surface area contributed by atoms with Crippen molar-refractivity contribution in [1.29, 1.82) is 0 Å². The summed E-state index contributed by atoms with van der Waals surface area (Å²) in [6.07, 6.45) is 0. The van der Waals surface area contributed by atoms with E-state index in [0.29, 0.717) is 0 Å². The second kappa shape index (κ2) is 7.16. The fraction of sp³-hybridized carbons (Fsp3) is 0.240. The van der Waals surface area contributed by atoms with Gasteiger partial charge in [-0.25, -0.2) is 4.98 Å². The molecule has 28 heavy (non-hydrogen) atoms. The number of hydrogen-bond acceptors (Lipinski definition) is 2. The number of fused-ring (bicyclic) bond motifs is 1. The summed E-state index contributed by atoms with van der Waals surface area (Å²) in [5.74, 6) is 1.24. The molecule has 1 N–H and O–H groups in total. The van der Waals surface area contributed by atoms with Gasteiger partial charge in [-0.1, -0.05) is 55.5 Å². The number of aromatic nitrogens is 2. The molecule has 3 nitrogen and oxygen atoms in total. The largest absolute Gasteiger partial charge is 0.339 e. The Balaban J connectivity index is 1.94. The summed E-state index contributed by atoms with van der Waals surface area (Å²) in [6.45, 7) is 10.8. The molecule has 4 rings (SSSR count). The Kier molecular flexibility index (Phi) is 4.68. The van der Waals surface area contributed by atoms with Crippen molar-refractivity contribution in [2.24, 2.45) is 0 Å². The number of nitrogens with zero attached hydrogens (tertiary/aromatic N) is 2. The minimum absolute atomic E-state index is 0.188. The van der Waals surface area contributed by atoms with Gasteiger partial charge in [-0.15, -0.1) is 0 Å². The minimum atomic E-state index is 0.188. The number of rotatable bonds is 4. The first kappa shape index (κ1) is 18.3. The smallest absolute Gasteiger partial charge is 0.139 e. The van der Waals surface area contributed by atoms with Gasteiger partial charge in [0.1, 0.15) is 11.5 Å². The van der Waals surface area contributed by atoms with E-state index >= 15 is 0 Å². The quantitative estimate of drug-likeness (QED) is 0.447. The molecule has 0 saturated heterocycles. The Morgan fingerprint density at radius 3 is 2.21 bits per heavy atom. The molecule has 0 amide bonds. The van der Waals surface area contributed by atoms with E-state index in [9.17, 15) is 0 Å². The SMILES string of the molecule is Cc1cc(C)n2c(Nc3c(C)cccc3C)c(C(C)c3ccccc3)nc2c1. The third-order valence-corrected chi connectivity index (χ3v) is 5.51. The maximum atomic E-state index is 5.07. The summed E-state index contributed by atoms with van der Waals surface area (Å²) >= 11 is 0. The van der Waals surface area contributed by atoms with Crippen LogP contribution in [0.25, 0.3) is 5.65 Å². The summed E-state index contributed by atoms with van der Waals surface area (Å²) in [6, 6.07) is 21.4. The maximum absolute atomic E-state index is 5.07. The first-order valence-corrected chi connectivity index (χ1v) is 9.83. The van der Waals surface area contributed by atoms with E-state index in [-0.39, 0.29) is 5.92 Å². The summed E-state index contributed by atoms with van der Waals surface area (Å²) in [5.41, 5.74) is 9.37. The van der Waals surface area contributed by atoms with Crippen molar-refractivity contribution in [2.75, 3.05) is 5.32 Å². The highest BCUT2D eigenvalue weighted by molar-refractivity contribution is 5.70. The second-order valence-electron chi connectivity index (χ2n) is 7.74. The molecule has 142 valence electrons. The van der Waals surface area contributed by atoms with Gasteiger partial charge in [0.15, 0.2) is 0 Å². The monoisotopic (exact) mass is 369 g/mol. The number of pyridine rings is 1. The Morgan fingerprint density at radius 1 is 0.857 bits per heavy atom. The highest BCUT2D eigenvalue weighted by atomic mass is 15.1. The predicted molar refractivity (Wildman–Crippen MR) is 118 cm³/mol. The van der Waals surface area contributed by atoms with Crippen LogP contribution >= 0.6 is 0 Å². The van der Waals surface area contributed by atoms with Crippen molar-refractivity contribution < 1.29 is 0 Å². The Morgan fingerprint density at radius 2 is 1.54 bits per heavy atom. The van der Waals surface area contributed by atoms with E-state index in [1.807, 2.05) is 0 Å². The third kappa shape index (κ3) is 3.18. The molecule has 1 atom stereocenters. The van der Waals surface area contributed by atoms with Crippen LogP contribution in [0.5, 0.6) is 0 Å². The van der Waals surface area contributed by atoms with Crippen LogP contribution in [-0.4, -0.2) is 9.38 Å². The maximum Gasteiger partial charge on any atom is 0.139 e. The number of aryl methyl sites for hydroxylation is 4. The van der Waals surface area contributed by atoms with Gasteiger partial charge in [-0.05, 0) is 62.1 Å². The molecule has 0 spiro atoms. The normalized spacial score (nSPS) is 12.3. The highest BCUT2D eigenvalue weighted by Gasteiger charge is 2.21. The van der Waals surface area contributed by atoms with Crippen LogP contribution < -0.4 is 5.32 Å². The molecule has 2 aromatic heterocycles. The zero-order valence-electron chi connectivity index (χ0n) is 17.2. The Labute approximate surface area is 167 Å². The molecule has 0 aliphatic carbocycles. The molecule has 0 saturated carbocycles. The van der Waals surface area contributed by atoms with Gasteiger partial charge in [-0.3, -0.25) is 4.40 Å². The fourth-order valence-corrected chi connectivity index (χ4v) is 4.00. The third-order valence-electron chi connectivity index (χ3n) is 5.51. The van der Waals surface area contributed by atoms with Gasteiger partial charge in [0.2, 0.25) is 0 Å². The van der Waals surface area contributed by atoms with E-state index in [1.54, 1.807) is 0 Å². The van der Waals surface area contributed by atoms with Crippen LogP contribution in [-0.2, 0) is 0 Å². The van der Waals surface area contributed by atoms with Crippen LogP contribution in [0.15, 0.2) is 60.7 Å². The highest BCUT2D eigenvalue weighted by Crippen LogP contribution is 2.35. The lowest BCUT2D eigenvalue weighted by Crippen LogP contribution is -2.06. The zero-order valence-corrected chi connectivity index (χ0v) is 17.2. The molecule has 0 bridgehead atoms.